The first-order valence-corrected chi connectivity index (χ1v) is 6.12. The van der Waals surface area contributed by atoms with E-state index in [1.165, 1.54) is 13.2 Å². The molecule has 1 atom stereocenters. The Morgan fingerprint density at radius 3 is 2.53 bits per heavy atom. The van der Waals surface area contributed by atoms with E-state index in [0.717, 1.165) is 25.0 Å². The van der Waals surface area contributed by atoms with E-state index in [9.17, 15) is 13.2 Å². The second-order valence-corrected chi connectivity index (χ2v) is 4.35. The van der Waals surface area contributed by atoms with E-state index in [2.05, 4.69) is 5.92 Å². The van der Waals surface area contributed by atoms with Gasteiger partial charge < -0.3 is 4.74 Å². The number of terminal acetylenes is 1. The Kier molecular flexibility index (Phi) is 5.29. The van der Waals surface area contributed by atoms with Crippen LogP contribution in [0.3, 0.4) is 0 Å². The monoisotopic (exact) mass is 270 g/mol. The van der Waals surface area contributed by atoms with Crippen molar-refractivity contribution < 1.29 is 17.9 Å². The van der Waals surface area contributed by atoms with Crippen LogP contribution < -0.4 is 4.74 Å². The largest absolute Gasteiger partial charge is 0.496 e. The third-order valence-corrected chi connectivity index (χ3v) is 3.00. The van der Waals surface area contributed by atoms with Crippen LogP contribution in [-0.2, 0) is 6.18 Å². The summed E-state index contributed by atoms with van der Waals surface area (Å²) in [5, 5.41) is 0. The van der Waals surface area contributed by atoms with Crippen LogP contribution in [0.25, 0.3) is 0 Å². The van der Waals surface area contributed by atoms with Gasteiger partial charge in [0.2, 0.25) is 0 Å². The lowest BCUT2D eigenvalue weighted by Crippen LogP contribution is -2.08. The van der Waals surface area contributed by atoms with Gasteiger partial charge >= 0.3 is 6.18 Å². The number of hydrogen-bond acceptors (Lipinski definition) is 1. The minimum atomic E-state index is -4.35. The zero-order valence-corrected chi connectivity index (χ0v) is 11.1. The van der Waals surface area contributed by atoms with E-state index >= 15 is 0 Å². The van der Waals surface area contributed by atoms with Gasteiger partial charge in [-0.2, -0.15) is 13.2 Å². The molecular weight excluding hydrogens is 253 g/mol. The van der Waals surface area contributed by atoms with Gasteiger partial charge in [-0.25, -0.2) is 0 Å². The Hall–Kier alpha value is -1.63. The van der Waals surface area contributed by atoms with E-state index in [1.54, 1.807) is 0 Å². The smallest absolute Gasteiger partial charge is 0.416 e. The Morgan fingerprint density at radius 1 is 1.37 bits per heavy atom. The highest BCUT2D eigenvalue weighted by Gasteiger charge is 2.32. The normalized spacial score (nSPS) is 12.8. The maximum atomic E-state index is 12.8. The summed E-state index contributed by atoms with van der Waals surface area (Å²) in [5.41, 5.74) is -0.126. The highest BCUT2D eigenvalue weighted by molar-refractivity contribution is 5.41. The summed E-state index contributed by atoms with van der Waals surface area (Å²) in [5.74, 6) is 2.88. The van der Waals surface area contributed by atoms with Crippen molar-refractivity contribution in [3.63, 3.8) is 0 Å². The van der Waals surface area contributed by atoms with Crippen LogP contribution in [0.4, 0.5) is 13.2 Å². The van der Waals surface area contributed by atoms with Crippen molar-refractivity contribution in [2.45, 2.75) is 38.3 Å². The molecule has 0 saturated carbocycles. The van der Waals surface area contributed by atoms with Gasteiger partial charge in [-0.3, -0.25) is 0 Å². The number of hydrogen-bond donors (Lipinski definition) is 0. The number of benzene rings is 1. The molecule has 0 spiro atoms. The molecule has 0 N–H and O–H groups in total. The molecule has 0 aliphatic heterocycles. The third-order valence-electron chi connectivity index (χ3n) is 3.00. The summed E-state index contributed by atoms with van der Waals surface area (Å²) in [6.45, 7) is 1.98. The fourth-order valence-electron chi connectivity index (χ4n) is 2.09. The van der Waals surface area contributed by atoms with Crippen LogP contribution in [0.5, 0.6) is 5.75 Å². The predicted octanol–water partition coefficient (Wildman–Crippen LogP) is 4.62. The first kappa shape index (κ1) is 15.4. The summed E-state index contributed by atoms with van der Waals surface area (Å²) in [6.07, 6.45) is 2.95. The maximum Gasteiger partial charge on any atom is 0.416 e. The molecule has 0 heterocycles. The zero-order valence-electron chi connectivity index (χ0n) is 11.1. The minimum absolute atomic E-state index is 0.104. The fourth-order valence-corrected chi connectivity index (χ4v) is 2.09. The molecule has 0 aliphatic carbocycles. The molecule has 1 aromatic carbocycles. The van der Waals surface area contributed by atoms with Gasteiger partial charge in [-0.05, 0) is 36.1 Å². The van der Waals surface area contributed by atoms with Gasteiger partial charge in [0.25, 0.3) is 0 Å². The molecule has 0 radical (unpaired) electrons. The average molecular weight is 270 g/mol. The number of alkyl halides is 3. The van der Waals surface area contributed by atoms with Crippen molar-refractivity contribution >= 4 is 0 Å². The van der Waals surface area contributed by atoms with Gasteiger partial charge in [0.15, 0.2) is 0 Å². The van der Waals surface area contributed by atoms with E-state index < -0.39 is 11.7 Å². The molecule has 1 rings (SSSR count). The second kappa shape index (κ2) is 6.51. The van der Waals surface area contributed by atoms with Gasteiger partial charge in [-0.15, -0.1) is 12.3 Å². The number of methoxy groups -OCH3 is 1. The zero-order chi connectivity index (χ0) is 14.5. The van der Waals surface area contributed by atoms with Crippen LogP contribution >= 0.6 is 0 Å². The molecular formula is C15H17F3O. The van der Waals surface area contributed by atoms with Crippen LogP contribution in [0.15, 0.2) is 18.2 Å². The van der Waals surface area contributed by atoms with Crippen molar-refractivity contribution in [3.8, 4) is 18.1 Å². The van der Waals surface area contributed by atoms with Crippen molar-refractivity contribution in [2.24, 2.45) is 0 Å². The van der Waals surface area contributed by atoms with E-state index in [0.29, 0.717) is 17.7 Å². The van der Waals surface area contributed by atoms with Crippen LogP contribution in [-0.4, -0.2) is 7.11 Å². The number of halogens is 3. The minimum Gasteiger partial charge on any atom is -0.496 e. The molecule has 104 valence electrons. The van der Waals surface area contributed by atoms with Crippen molar-refractivity contribution in [3.05, 3.63) is 29.3 Å². The summed E-state index contributed by atoms with van der Waals surface area (Å²) in [7, 11) is 1.45. The Morgan fingerprint density at radius 2 is 2.05 bits per heavy atom. The Bertz CT molecular complexity index is 457. The SMILES string of the molecule is C#CCC(CCC)c1cc(C(F)(F)F)ccc1OC. The first-order chi connectivity index (χ1) is 8.93. The number of ether oxygens (including phenoxy) is 1. The molecule has 1 nitrogen and oxygen atoms in total. The second-order valence-electron chi connectivity index (χ2n) is 4.35. The maximum absolute atomic E-state index is 12.8. The van der Waals surface area contributed by atoms with Crippen molar-refractivity contribution in [1.82, 2.24) is 0 Å². The molecule has 19 heavy (non-hydrogen) atoms. The molecule has 1 aromatic rings. The van der Waals surface area contributed by atoms with Crippen LogP contribution in [0.1, 0.15) is 43.2 Å². The summed E-state index contributed by atoms with van der Waals surface area (Å²) >= 11 is 0. The highest BCUT2D eigenvalue weighted by atomic mass is 19.4. The summed E-state index contributed by atoms with van der Waals surface area (Å²) in [4.78, 5) is 0. The van der Waals surface area contributed by atoms with Gasteiger partial charge in [0.05, 0.1) is 12.7 Å². The molecule has 4 heteroatoms. The molecule has 0 bridgehead atoms. The molecule has 0 saturated heterocycles. The topological polar surface area (TPSA) is 9.23 Å². The van der Waals surface area contributed by atoms with Crippen LogP contribution in [0.2, 0.25) is 0 Å². The molecule has 0 aliphatic rings. The summed E-state index contributed by atoms with van der Waals surface area (Å²) in [6, 6.07) is 3.54. The third kappa shape index (κ3) is 3.92. The van der Waals surface area contributed by atoms with E-state index in [4.69, 9.17) is 11.2 Å². The standard InChI is InChI=1S/C15H17F3O/c1-4-6-11(7-5-2)13-10-12(15(16,17)18)8-9-14(13)19-3/h1,8-11H,5-7H2,2-3H3. The lowest BCUT2D eigenvalue weighted by atomic mass is 9.90. The predicted molar refractivity (Wildman–Crippen MR) is 69.1 cm³/mol. The Balaban J connectivity index is 3.24. The Labute approximate surface area is 111 Å². The first-order valence-electron chi connectivity index (χ1n) is 6.12. The molecule has 1 unspecified atom stereocenters. The van der Waals surface area contributed by atoms with Gasteiger partial charge in [-0.1, -0.05) is 13.3 Å². The van der Waals surface area contributed by atoms with Crippen LogP contribution in [0, 0.1) is 12.3 Å². The van der Waals surface area contributed by atoms with Crippen molar-refractivity contribution in [2.75, 3.05) is 7.11 Å². The molecule has 0 amide bonds. The molecule has 0 fully saturated rings. The van der Waals surface area contributed by atoms with E-state index in [-0.39, 0.29) is 5.92 Å². The quantitative estimate of drug-likeness (QED) is 0.709. The average Bonchev–Trinajstić information content (AvgIpc) is 2.36. The fraction of sp³-hybridized carbons (Fsp3) is 0.467. The van der Waals surface area contributed by atoms with Crippen molar-refractivity contribution in [1.29, 1.82) is 0 Å². The van der Waals surface area contributed by atoms with E-state index in [1.807, 2.05) is 6.92 Å². The lowest BCUT2D eigenvalue weighted by molar-refractivity contribution is -0.137. The molecule has 0 aromatic heterocycles. The van der Waals surface area contributed by atoms with Gasteiger partial charge in [0.1, 0.15) is 5.75 Å². The summed E-state index contributed by atoms with van der Waals surface area (Å²) < 4.78 is 43.4. The lowest BCUT2D eigenvalue weighted by Gasteiger charge is -2.19. The highest BCUT2D eigenvalue weighted by Crippen LogP contribution is 2.37. The van der Waals surface area contributed by atoms with Gasteiger partial charge in [0, 0.05) is 6.42 Å². The number of rotatable bonds is 5.